The molecule has 22 heavy (non-hydrogen) atoms. The van der Waals surface area contributed by atoms with Crippen LogP contribution in [0.4, 0.5) is 4.39 Å². The van der Waals surface area contributed by atoms with Crippen LogP contribution in [0.3, 0.4) is 0 Å². The highest BCUT2D eigenvalue weighted by molar-refractivity contribution is 7.09. The number of carbonyl (C=O) groups excluding carboxylic acids is 1. The lowest BCUT2D eigenvalue weighted by Gasteiger charge is -2.06. The third kappa shape index (κ3) is 2.92. The average molecular weight is 315 g/mol. The highest BCUT2D eigenvalue weighted by atomic mass is 32.1. The Bertz CT molecular complexity index is 778. The Morgan fingerprint density at radius 2 is 2.09 bits per heavy atom. The van der Waals surface area contributed by atoms with Crippen molar-refractivity contribution in [3.8, 4) is 5.69 Å². The number of halogens is 1. The number of benzene rings is 1. The van der Waals surface area contributed by atoms with Crippen LogP contribution in [0.2, 0.25) is 0 Å². The summed E-state index contributed by atoms with van der Waals surface area (Å²) in [6, 6.07) is 9.91. The standard InChI is InChI=1S/C16H14FN3OS/c1-11-15(16(21)18-9-14-3-2-8-22-14)10-19-20(11)13-6-4-12(17)5-7-13/h2-8,10H,9H2,1H3,(H,18,21). The first-order valence-electron chi connectivity index (χ1n) is 6.76. The van der Waals surface area contributed by atoms with Gasteiger partial charge in [0.1, 0.15) is 5.82 Å². The maximum atomic E-state index is 13.0. The number of hydrogen-bond acceptors (Lipinski definition) is 3. The van der Waals surface area contributed by atoms with Gasteiger partial charge < -0.3 is 5.32 Å². The first-order chi connectivity index (χ1) is 10.6. The number of hydrogen-bond donors (Lipinski definition) is 1. The molecule has 3 rings (SSSR count). The van der Waals surface area contributed by atoms with E-state index >= 15 is 0 Å². The smallest absolute Gasteiger partial charge is 0.255 e. The average Bonchev–Trinajstić information content (AvgIpc) is 3.15. The van der Waals surface area contributed by atoms with Gasteiger partial charge in [-0.25, -0.2) is 9.07 Å². The van der Waals surface area contributed by atoms with Gasteiger partial charge in [-0.2, -0.15) is 5.10 Å². The van der Waals surface area contributed by atoms with E-state index < -0.39 is 0 Å². The molecule has 4 nitrogen and oxygen atoms in total. The van der Waals surface area contributed by atoms with Gasteiger partial charge in [-0.3, -0.25) is 4.79 Å². The summed E-state index contributed by atoms with van der Waals surface area (Å²) in [6.45, 7) is 2.31. The molecule has 0 aliphatic rings. The Kier molecular flexibility index (Phi) is 4.02. The quantitative estimate of drug-likeness (QED) is 0.803. The lowest BCUT2D eigenvalue weighted by Crippen LogP contribution is -2.22. The zero-order valence-electron chi connectivity index (χ0n) is 11.9. The number of carbonyl (C=O) groups is 1. The molecular formula is C16H14FN3OS. The molecule has 0 aliphatic carbocycles. The number of thiophene rings is 1. The second kappa shape index (κ2) is 6.11. The molecule has 0 aliphatic heterocycles. The number of aromatic nitrogens is 2. The largest absolute Gasteiger partial charge is 0.347 e. The van der Waals surface area contributed by atoms with Gasteiger partial charge in [0.15, 0.2) is 0 Å². The van der Waals surface area contributed by atoms with Gasteiger partial charge in [0, 0.05) is 4.88 Å². The summed E-state index contributed by atoms with van der Waals surface area (Å²) in [4.78, 5) is 13.3. The molecule has 2 heterocycles. The van der Waals surface area contributed by atoms with Crippen molar-refractivity contribution in [1.82, 2.24) is 15.1 Å². The van der Waals surface area contributed by atoms with E-state index in [1.54, 1.807) is 28.2 Å². The molecule has 0 atom stereocenters. The van der Waals surface area contributed by atoms with Gasteiger partial charge in [-0.15, -0.1) is 11.3 Å². The zero-order valence-corrected chi connectivity index (χ0v) is 12.7. The van der Waals surface area contributed by atoms with E-state index in [2.05, 4.69) is 10.4 Å². The van der Waals surface area contributed by atoms with Crippen molar-refractivity contribution in [3.63, 3.8) is 0 Å². The summed E-state index contributed by atoms with van der Waals surface area (Å²) in [7, 11) is 0. The van der Waals surface area contributed by atoms with Crippen molar-refractivity contribution in [1.29, 1.82) is 0 Å². The number of rotatable bonds is 4. The summed E-state index contributed by atoms with van der Waals surface area (Å²) in [5.74, 6) is -0.471. The molecule has 0 radical (unpaired) electrons. The topological polar surface area (TPSA) is 46.9 Å². The van der Waals surface area contributed by atoms with Crippen molar-refractivity contribution in [3.05, 3.63) is 69.9 Å². The summed E-state index contributed by atoms with van der Waals surface area (Å²) in [6.07, 6.45) is 1.53. The van der Waals surface area contributed by atoms with E-state index in [4.69, 9.17) is 0 Å². The van der Waals surface area contributed by atoms with Gasteiger partial charge in [0.05, 0.1) is 29.7 Å². The van der Waals surface area contributed by atoms with E-state index in [1.165, 1.54) is 18.3 Å². The third-order valence-corrected chi connectivity index (χ3v) is 4.21. The fraction of sp³-hybridized carbons (Fsp3) is 0.125. The molecule has 2 aromatic heterocycles. The van der Waals surface area contributed by atoms with Crippen LogP contribution in [0.15, 0.2) is 48.0 Å². The van der Waals surface area contributed by atoms with Gasteiger partial charge in [0.2, 0.25) is 0 Å². The molecule has 6 heteroatoms. The molecule has 3 aromatic rings. The fourth-order valence-electron chi connectivity index (χ4n) is 2.15. The highest BCUT2D eigenvalue weighted by Crippen LogP contribution is 2.15. The Labute approximate surface area is 131 Å². The monoisotopic (exact) mass is 315 g/mol. The van der Waals surface area contributed by atoms with Gasteiger partial charge in [-0.1, -0.05) is 6.07 Å². The van der Waals surface area contributed by atoms with Crippen LogP contribution in [0.1, 0.15) is 20.9 Å². The van der Waals surface area contributed by atoms with Crippen LogP contribution in [0.25, 0.3) is 5.69 Å². The normalized spacial score (nSPS) is 10.6. The van der Waals surface area contributed by atoms with Crippen molar-refractivity contribution >= 4 is 17.2 Å². The first kappa shape index (κ1) is 14.5. The minimum atomic E-state index is -0.303. The first-order valence-corrected chi connectivity index (χ1v) is 7.64. The van der Waals surface area contributed by atoms with Gasteiger partial charge in [0.25, 0.3) is 5.91 Å². The summed E-state index contributed by atoms with van der Waals surface area (Å²) in [5.41, 5.74) is 1.95. The summed E-state index contributed by atoms with van der Waals surface area (Å²) < 4.78 is 14.6. The van der Waals surface area contributed by atoms with Crippen LogP contribution in [0.5, 0.6) is 0 Å². The van der Waals surface area contributed by atoms with Gasteiger partial charge >= 0.3 is 0 Å². The Morgan fingerprint density at radius 3 is 2.77 bits per heavy atom. The highest BCUT2D eigenvalue weighted by Gasteiger charge is 2.15. The Morgan fingerprint density at radius 1 is 1.32 bits per heavy atom. The van der Waals surface area contributed by atoms with Crippen LogP contribution >= 0.6 is 11.3 Å². The Hall–Kier alpha value is -2.47. The number of amides is 1. The number of nitrogens with zero attached hydrogens (tertiary/aromatic N) is 2. The maximum absolute atomic E-state index is 13.0. The van der Waals surface area contributed by atoms with Crippen molar-refractivity contribution in [2.45, 2.75) is 13.5 Å². The van der Waals surface area contributed by atoms with Crippen LogP contribution in [0, 0.1) is 12.7 Å². The Balaban J connectivity index is 1.77. The molecule has 0 bridgehead atoms. The zero-order chi connectivity index (χ0) is 15.5. The van der Waals surface area contributed by atoms with Gasteiger partial charge in [-0.05, 0) is 42.6 Å². The molecule has 0 fully saturated rings. The molecule has 1 amide bonds. The molecule has 1 aromatic carbocycles. The minimum absolute atomic E-state index is 0.167. The molecule has 0 unspecified atom stereocenters. The van der Waals surface area contributed by atoms with E-state index in [0.717, 1.165) is 16.3 Å². The second-order valence-electron chi connectivity index (χ2n) is 4.79. The van der Waals surface area contributed by atoms with E-state index in [0.29, 0.717) is 12.1 Å². The SMILES string of the molecule is Cc1c(C(=O)NCc2cccs2)cnn1-c1ccc(F)cc1. The molecule has 0 spiro atoms. The molecule has 0 saturated heterocycles. The van der Waals surface area contributed by atoms with E-state index in [1.807, 2.05) is 24.4 Å². The summed E-state index contributed by atoms with van der Waals surface area (Å²) >= 11 is 1.60. The lowest BCUT2D eigenvalue weighted by molar-refractivity contribution is 0.0950. The predicted octanol–water partition coefficient (Wildman–Crippen LogP) is 3.31. The summed E-state index contributed by atoms with van der Waals surface area (Å²) in [5, 5.41) is 9.06. The van der Waals surface area contributed by atoms with E-state index in [-0.39, 0.29) is 11.7 Å². The molecule has 112 valence electrons. The van der Waals surface area contributed by atoms with Crippen LogP contribution < -0.4 is 5.32 Å². The third-order valence-electron chi connectivity index (χ3n) is 3.33. The predicted molar refractivity (Wildman–Crippen MR) is 83.7 cm³/mol. The minimum Gasteiger partial charge on any atom is -0.347 e. The van der Waals surface area contributed by atoms with Crippen molar-refractivity contribution in [2.24, 2.45) is 0 Å². The van der Waals surface area contributed by atoms with Crippen molar-refractivity contribution in [2.75, 3.05) is 0 Å². The molecular weight excluding hydrogens is 301 g/mol. The number of nitrogens with one attached hydrogen (secondary N) is 1. The van der Waals surface area contributed by atoms with Crippen molar-refractivity contribution < 1.29 is 9.18 Å². The van der Waals surface area contributed by atoms with E-state index in [9.17, 15) is 9.18 Å². The van der Waals surface area contributed by atoms with Crippen LogP contribution in [-0.4, -0.2) is 15.7 Å². The molecule has 0 saturated carbocycles. The molecule has 1 N–H and O–H groups in total. The second-order valence-corrected chi connectivity index (χ2v) is 5.83. The maximum Gasteiger partial charge on any atom is 0.255 e. The van der Waals surface area contributed by atoms with Crippen LogP contribution in [-0.2, 0) is 6.54 Å². The lowest BCUT2D eigenvalue weighted by atomic mass is 10.2. The fourth-order valence-corrected chi connectivity index (χ4v) is 2.80.